The molecule has 5 rings (SSSR count). The van der Waals surface area contributed by atoms with Gasteiger partial charge in [0.05, 0.1) is 29.7 Å². The van der Waals surface area contributed by atoms with E-state index in [0.29, 0.717) is 35.8 Å². The third-order valence-corrected chi connectivity index (χ3v) is 9.84. The van der Waals surface area contributed by atoms with E-state index in [1.54, 1.807) is 24.3 Å². The zero-order valence-electron chi connectivity index (χ0n) is 24.4. The fourth-order valence-electron chi connectivity index (χ4n) is 6.40. The van der Waals surface area contributed by atoms with E-state index in [2.05, 4.69) is 10.6 Å². The molecule has 2 aromatic rings. The van der Waals surface area contributed by atoms with Crippen LogP contribution in [0.5, 0.6) is 0 Å². The summed E-state index contributed by atoms with van der Waals surface area (Å²) in [7, 11) is 0. The number of aliphatic carboxylic acids is 1. The molecule has 3 aliphatic heterocycles. The van der Waals surface area contributed by atoms with Crippen molar-refractivity contribution in [2.75, 3.05) is 17.2 Å². The van der Waals surface area contributed by atoms with Crippen LogP contribution in [0, 0.1) is 11.8 Å². The number of rotatable bonds is 10. The molecule has 0 radical (unpaired) electrons. The third-order valence-electron chi connectivity index (χ3n) is 8.35. The number of hydrogen-bond acceptors (Lipinski definition) is 8. The molecule has 2 aromatic carbocycles. The van der Waals surface area contributed by atoms with Crippen LogP contribution in [0.3, 0.4) is 0 Å². The molecule has 5 N–H and O–H groups in total. The number of likely N-dealkylation sites (tertiary alicyclic amines) is 1. The standard InChI is InChI=1S/C31H34N4O8S/c1-15-25-24(16(2)36)29(39)35(25)26(31(42)43)27(15)44-21-12-23(28(38)33-20-9-6-8-18(11-20)30(40)41)34(14-21)13-19-7-4-5-10-22(19)32-17(3)37/h4-11,15-16,21,23-25,36H,12-14H2,1-3H3,(H,32,37)(H,33,38)(H,40,41)(H,42,43)/t15-,16-,21+,23+,24-,25-/m1/s1. The molecule has 0 unspecified atom stereocenters. The summed E-state index contributed by atoms with van der Waals surface area (Å²) in [6.07, 6.45) is -0.567. The lowest BCUT2D eigenvalue weighted by atomic mass is 9.79. The number of aliphatic hydroxyl groups is 1. The van der Waals surface area contributed by atoms with E-state index in [0.717, 1.165) is 5.56 Å². The maximum absolute atomic E-state index is 13.7. The van der Waals surface area contributed by atoms with Gasteiger partial charge >= 0.3 is 11.9 Å². The van der Waals surface area contributed by atoms with Gasteiger partial charge in [0.1, 0.15) is 5.70 Å². The van der Waals surface area contributed by atoms with Crippen LogP contribution in [0.25, 0.3) is 0 Å². The topological polar surface area (TPSA) is 177 Å². The summed E-state index contributed by atoms with van der Waals surface area (Å²) >= 11 is 1.34. The number of aromatic carboxylic acids is 1. The van der Waals surface area contributed by atoms with Crippen molar-refractivity contribution in [2.24, 2.45) is 11.8 Å². The average molecular weight is 623 g/mol. The number of benzene rings is 2. The molecule has 232 valence electrons. The zero-order chi connectivity index (χ0) is 31.9. The van der Waals surface area contributed by atoms with Gasteiger partial charge in [0.2, 0.25) is 17.7 Å². The fraction of sp³-hybridized carbons (Fsp3) is 0.387. The summed E-state index contributed by atoms with van der Waals surface area (Å²) in [5.41, 5.74) is 1.68. The molecule has 13 heteroatoms. The van der Waals surface area contributed by atoms with Crippen molar-refractivity contribution in [2.45, 2.75) is 57.2 Å². The van der Waals surface area contributed by atoms with Gasteiger partial charge in [-0.1, -0.05) is 31.2 Å². The number of carboxylic acids is 2. The van der Waals surface area contributed by atoms with Crippen LogP contribution in [0.2, 0.25) is 0 Å². The third kappa shape index (κ3) is 5.94. The lowest BCUT2D eigenvalue weighted by Crippen LogP contribution is -2.63. The lowest BCUT2D eigenvalue weighted by Gasteiger charge is -2.46. The van der Waals surface area contributed by atoms with Crippen molar-refractivity contribution >= 4 is 52.8 Å². The number of anilines is 2. The number of hydrogen-bond donors (Lipinski definition) is 5. The summed E-state index contributed by atoms with van der Waals surface area (Å²) in [6, 6.07) is 12.1. The Labute approximate surface area is 258 Å². The zero-order valence-corrected chi connectivity index (χ0v) is 25.2. The van der Waals surface area contributed by atoms with E-state index in [1.807, 2.05) is 24.0 Å². The van der Waals surface area contributed by atoms with Gasteiger partial charge in [0.25, 0.3) is 0 Å². The monoisotopic (exact) mass is 622 g/mol. The van der Waals surface area contributed by atoms with Crippen LogP contribution in [-0.4, -0.2) is 84.8 Å². The number of para-hydroxylation sites is 1. The van der Waals surface area contributed by atoms with Gasteiger partial charge in [-0.3, -0.25) is 19.3 Å². The number of β-lactam (4-membered cyclic amide) rings is 1. The van der Waals surface area contributed by atoms with Crippen molar-refractivity contribution in [1.82, 2.24) is 9.80 Å². The van der Waals surface area contributed by atoms with Crippen molar-refractivity contribution in [1.29, 1.82) is 0 Å². The predicted molar refractivity (Wildman–Crippen MR) is 163 cm³/mol. The molecule has 0 aliphatic carbocycles. The Balaban J connectivity index is 1.42. The molecule has 3 amide bonds. The Morgan fingerprint density at radius 2 is 1.77 bits per heavy atom. The average Bonchev–Trinajstić information content (AvgIpc) is 3.46. The lowest BCUT2D eigenvalue weighted by molar-refractivity contribution is -0.163. The van der Waals surface area contributed by atoms with Crippen LogP contribution in [-0.2, 0) is 25.7 Å². The predicted octanol–water partition coefficient (Wildman–Crippen LogP) is 2.81. The summed E-state index contributed by atoms with van der Waals surface area (Å²) in [4.78, 5) is 65.9. The van der Waals surface area contributed by atoms with Gasteiger partial charge in [-0.25, -0.2) is 9.59 Å². The summed E-state index contributed by atoms with van der Waals surface area (Å²) in [6.45, 7) is 5.49. The second-order valence-corrected chi connectivity index (χ2v) is 12.7. The van der Waals surface area contributed by atoms with Crippen molar-refractivity contribution in [3.63, 3.8) is 0 Å². The largest absolute Gasteiger partial charge is 0.478 e. The van der Waals surface area contributed by atoms with E-state index in [1.165, 1.54) is 42.6 Å². The first kappa shape index (κ1) is 31.2. The highest BCUT2D eigenvalue weighted by Crippen LogP contribution is 2.52. The first-order valence-electron chi connectivity index (χ1n) is 14.3. The van der Waals surface area contributed by atoms with Gasteiger partial charge in [-0.05, 0) is 43.2 Å². The molecule has 0 aromatic heterocycles. The number of carbonyl (C=O) groups is 5. The van der Waals surface area contributed by atoms with E-state index in [9.17, 15) is 39.3 Å². The number of nitrogens with one attached hydrogen (secondary N) is 2. The molecule has 44 heavy (non-hydrogen) atoms. The second kappa shape index (κ2) is 12.4. The van der Waals surface area contributed by atoms with Gasteiger partial charge in [0.15, 0.2) is 0 Å². The van der Waals surface area contributed by atoms with Crippen molar-refractivity contribution in [3.05, 3.63) is 70.3 Å². The number of aliphatic hydroxyl groups excluding tert-OH is 1. The van der Waals surface area contributed by atoms with Crippen LogP contribution in [0.4, 0.5) is 11.4 Å². The minimum absolute atomic E-state index is 0.0294. The Morgan fingerprint density at radius 1 is 1.05 bits per heavy atom. The molecule has 0 saturated carbocycles. The normalized spacial score (nSPS) is 25.3. The van der Waals surface area contributed by atoms with E-state index >= 15 is 0 Å². The van der Waals surface area contributed by atoms with Crippen LogP contribution < -0.4 is 10.6 Å². The smallest absolute Gasteiger partial charge is 0.353 e. The quantitative estimate of drug-likeness (QED) is 0.248. The molecule has 3 aliphatic rings. The minimum atomic E-state index is -1.22. The molecule has 6 atom stereocenters. The molecule has 2 saturated heterocycles. The summed E-state index contributed by atoms with van der Waals surface area (Å²) in [5, 5.41) is 35.1. The molecule has 0 bridgehead atoms. The van der Waals surface area contributed by atoms with Crippen LogP contribution >= 0.6 is 11.8 Å². The van der Waals surface area contributed by atoms with E-state index < -0.39 is 42.0 Å². The van der Waals surface area contributed by atoms with Crippen LogP contribution in [0.15, 0.2) is 59.1 Å². The summed E-state index contributed by atoms with van der Waals surface area (Å²) in [5.74, 6) is -4.33. The Bertz CT molecular complexity index is 1560. The molecule has 12 nitrogen and oxygen atoms in total. The maximum Gasteiger partial charge on any atom is 0.353 e. The molecular formula is C31H34N4O8S. The highest BCUT2D eigenvalue weighted by atomic mass is 32.2. The SMILES string of the molecule is CC(=O)Nc1ccccc1CN1C[C@@H](SC2=C(C(=O)O)N3C(=O)[C@H]([C@@H](C)O)[C@H]3[C@H]2C)C[C@H]1C(=O)Nc1cccc(C(=O)O)c1. The second-order valence-electron chi connectivity index (χ2n) is 11.4. The van der Waals surface area contributed by atoms with Gasteiger partial charge in [-0.2, -0.15) is 0 Å². The maximum atomic E-state index is 13.7. The Kier molecular flexibility index (Phi) is 8.82. The first-order chi connectivity index (χ1) is 20.9. The number of carboxylic acid groups (broad SMARTS) is 2. The number of fused-ring (bicyclic) bond motifs is 1. The van der Waals surface area contributed by atoms with Crippen molar-refractivity contribution < 1.29 is 39.3 Å². The van der Waals surface area contributed by atoms with Crippen molar-refractivity contribution in [3.8, 4) is 0 Å². The fourth-order valence-corrected chi connectivity index (χ4v) is 7.95. The highest BCUT2D eigenvalue weighted by Gasteiger charge is 2.60. The number of amides is 3. The van der Waals surface area contributed by atoms with E-state index in [4.69, 9.17) is 0 Å². The molecule has 2 fully saturated rings. The molecule has 3 heterocycles. The summed E-state index contributed by atoms with van der Waals surface area (Å²) < 4.78 is 0. The van der Waals surface area contributed by atoms with Gasteiger partial charge in [-0.15, -0.1) is 11.8 Å². The molecule has 0 spiro atoms. The molecular weight excluding hydrogens is 588 g/mol. The van der Waals surface area contributed by atoms with Gasteiger partial charge < -0.3 is 30.9 Å². The Morgan fingerprint density at radius 3 is 2.43 bits per heavy atom. The van der Waals surface area contributed by atoms with E-state index in [-0.39, 0.29) is 34.2 Å². The number of nitrogens with zero attached hydrogens (tertiary/aromatic N) is 2. The van der Waals surface area contributed by atoms with Crippen LogP contribution in [0.1, 0.15) is 43.1 Å². The minimum Gasteiger partial charge on any atom is -0.478 e. The first-order valence-corrected chi connectivity index (χ1v) is 15.1. The number of thioether (sulfide) groups is 1. The van der Waals surface area contributed by atoms with Gasteiger partial charge in [0, 0.05) is 47.5 Å². The highest BCUT2D eigenvalue weighted by molar-refractivity contribution is 8.03. The number of carbonyl (C=O) groups excluding carboxylic acids is 3. The Hall–Kier alpha value is -4.20.